The zero-order valence-corrected chi connectivity index (χ0v) is 24.1. The van der Waals surface area contributed by atoms with E-state index in [9.17, 15) is 0 Å². The van der Waals surface area contributed by atoms with Crippen LogP contribution in [0.3, 0.4) is 0 Å². The Hall–Kier alpha value is -5.18. The van der Waals surface area contributed by atoms with Crippen molar-refractivity contribution < 1.29 is 0 Å². The molecular formula is C41H34N2. The van der Waals surface area contributed by atoms with Gasteiger partial charge in [-0.25, -0.2) is 0 Å². The Labute approximate surface area is 254 Å². The first-order valence-electron chi connectivity index (χ1n) is 15.0. The van der Waals surface area contributed by atoms with Crippen molar-refractivity contribution in [2.45, 2.75) is 19.1 Å². The van der Waals surface area contributed by atoms with Crippen LogP contribution in [0.25, 0.3) is 33.2 Å². The molecule has 0 bridgehead atoms. The van der Waals surface area contributed by atoms with E-state index in [4.69, 9.17) is 0 Å². The first-order chi connectivity index (χ1) is 21.3. The highest BCUT2D eigenvalue weighted by Gasteiger charge is 2.18. The van der Waals surface area contributed by atoms with Crippen molar-refractivity contribution >= 4 is 22.0 Å². The second-order valence-electron chi connectivity index (χ2n) is 11.1. The van der Waals surface area contributed by atoms with Crippen molar-refractivity contribution in [3.05, 3.63) is 192 Å². The highest BCUT2D eigenvalue weighted by atomic mass is 14.9. The van der Waals surface area contributed by atoms with Crippen LogP contribution in [-0.4, -0.2) is 0 Å². The first-order valence-corrected chi connectivity index (χ1v) is 15.0. The normalized spacial score (nSPS) is 14.6. The zero-order chi connectivity index (χ0) is 28.8. The molecule has 0 amide bonds. The summed E-state index contributed by atoms with van der Waals surface area (Å²) in [6.45, 7) is 1.68. The summed E-state index contributed by atoms with van der Waals surface area (Å²) in [5.41, 5.74) is 11.1. The molecule has 0 saturated heterocycles. The number of fused-ring (bicyclic) bond motifs is 1. The van der Waals surface area contributed by atoms with Gasteiger partial charge in [0.15, 0.2) is 0 Å². The lowest BCUT2D eigenvalue weighted by Gasteiger charge is -2.26. The highest BCUT2D eigenvalue weighted by Crippen LogP contribution is 2.33. The van der Waals surface area contributed by atoms with Gasteiger partial charge in [0.05, 0.1) is 6.04 Å². The van der Waals surface area contributed by atoms with Gasteiger partial charge in [0.25, 0.3) is 0 Å². The number of rotatable bonds is 8. The molecule has 6 aromatic carbocycles. The predicted molar refractivity (Wildman–Crippen MR) is 181 cm³/mol. The lowest BCUT2D eigenvalue weighted by Crippen LogP contribution is -2.21. The van der Waals surface area contributed by atoms with Crippen LogP contribution in [0.5, 0.6) is 0 Å². The molecule has 1 aliphatic heterocycles. The van der Waals surface area contributed by atoms with E-state index in [0.717, 1.165) is 18.8 Å². The van der Waals surface area contributed by atoms with Gasteiger partial charge in [0.1, 0.15) is 0 Å². The average molecular weight is 555 g/mol. The van der Waals surface area contributed by atoms with Crippen molar-refractivity contribution in [3.8, 4) is 11.1 Å². The van der Waals surface area contributed by atoms with Crippen LogP contribution in [0, 0.1) is 0 Å². The Morgan fingerprint density at radius 3 is 1.98 bits per heavy atom. The van der Waals surface area contributed by atoms with Crippen molar-refractivity contribution in [1.29, 1.82) is 0 Å². The molecule has 6 aromatic rings. The molecule has 0 saturated carbocycles. The summed E-state index contributed by atoms with van der Waals surface area (Å²) < 4.78 is 0. The van der Waals surface area contributed by atoms with E-state index in [2.05, 4.69) is 174 Å². The standard InChI is InChI=1S/C41H34N2/c1-4-11-30(12-5-1)28-42-29-37-18-10-17-33-21-24-36(25-39(33)37)32-19-22-35(23-20-32)41-27-38(31-13-6-2-7-14-31)26-40(43-41)34-15-8-3-9-16-34/h1-27,40,42-43H,28-29H2. The Kier molecular flexibility index (Phi) is 7.68. The largest absolute Gasteiger partial charge is 0.374 e. The van der Waals surface area contributed by atoms with Gasteiger partial charge in [0, 0.05) is 18.8 Å². The van der Waals surface area contributed by atoms with E-state index in [0.29, 0.717) is 0 Å². The van der Waals surface area contributed by atoms with E-state index < -0.39 is 0 Å². The predicted octanol–water partition coefficient (Wildman–Crippen LogP) is 9.57. The molecule has 1 unspecified atom stereocenters. The summed E-state index contributed by atoms with van der Waals surface area (Å²) in [7, 11) is 0. The maximum absolute atomic E-state index is 3.79. The van der Waals surface area contributed by atoms with Gasteiger partial charge in [-0.1, -0.05) is 146 Å². The molecule has 2 nitrogen and oxygen atoms in total. The number of dihydropyridines is 1. The lowest BCUT2D eigenvalue weighted by atomic mass is 9.92. The zero-order valence-electron chi connectivity index (χ0n) is 24.1. The molecule has 0 aliphatic carbocycles. The fourth-order valence-corrected chi connectivity index (χ4v) is 5.90. The summed E-state index contributed by atoms with van der Waals surface area (Å²) >= 11 is 0. The van der Waals surface area contributed by atoms with Crippen LogP contribution in [0.1, 0.15) is 33.9 Å². The third kappa shape index (κ3) is 6.06. The number of benzene rings is 6. The number of hydrogen-bond donors (Lipinski definition) is 2. The van der Waals surface area contributed by atoms with E-state index in [1.54, 1.807) is 0 Å². The maximum atomic E-state index is 3.79. The van der Waals surface area contributed by atoms with E-state index in [-0.39, 0.29) is 6.04 Å². The van der Waals surface area contributed by atoms with Crippen molar-refractivity contribution in [3.63, 3.8) is 0 Å². The van der Waals surface area contributed by atoms with Gasteiger partial charge in [-0.2, -0.15) is 0 Å². The molecule has 1 heterocycles. The molecule has 43 heavy (non-hydrogen) atoms. The van der Waals surface area contributed by atoms with E-state index in [1.165, 1.54) is 55.3 Å². The fraction of sp³-hybridized carbons (Fsp3) is 0.0732. The van der Waals surface area contributed by atoms with Crippen LogP contribution in [0.2, 0.25) is 0 Å². The molecule has 0 spiro atoms. The minimum Gasteiger partial charge on any atom is -0.374 e. The minimum absolute atomic E-state index is 0.102. The summed E-state index contributed by atoms with van der Waals surface area (Å²) in [6.07, 6.45) is 4.60. The van der Waals surface area contributed by atoms with Gasteiger partial charge < -0.3 is 10.6 Å². The summed E-state index contributed by atoms with van der Waals surface area (Å²) in [5, 5.41) is 9.97. The van der Waals surface area contributed by atoms with Crippen LogP contribution < -0.4 is 10.6 Å². The number of allylic oxidation sites excluding steroid dienone is 2. The molecule has 0 radical (unpaired) electrons. The first kappa shape index (κ1) is 26.7. The van der Waals surface area contributed by atoms with Crippen molar-refractivity contribution in [2.24, 2.45) is 0 Å². The smallest absolute Gasteiger partial charge is 0.0707 e. The molecule has 0 aromatic heterocycles. The summed E-state index contributed by atoms with van der Waals surface area (Å²) in [5.74, 6) is 0. The topological polar surface area (TPSA) is 24.1 Å². The number of nitrogens with one attached hydrogen (secondary N) is 2. The highest BCUT2D eigenvalue weighted by molar-refractivity contribution is 5.90. The minimum atomic E-state index is 0.102. The molecule has 2 heteroatoms. The van der Waals surface area contributed by atoms with Crippen molar-refractivity contribution in [1.82, 2.24) is 10.6 Å². The van der Waals surface area contributed by atoms with Crippen LogP contribution >= 0.6 is 0 Å². The van der Waals surface area contributed by atoms with Crippen molar-refractivity contribution in [2.75, 3.05) is 0 Å². The van der Waals surface area contributed by atoms with Crippen LogP contribution in [0.4, 0.5) is 0 Å². The lowest BCUT2D eigenvalue weighted by molar-refractivity contribution is 0.696. The molecule has 1 atom stereocenters. The molecular weight excluding hydrogens is 520 g/mol. The van der Waals surface area contributed by atoms with E-state index in [1.807, 2.05) is 0 Å². The van der Waals surface area contributed by atoms with Gasteiger partial charge >= 0.3 is 0 Å². The second-order valence-corrected chi connectivity index (χ2v) is 11.1. The molecule has 7 rings (SSSR count). The third-order valence-corrected chi connectivity index (χ3v) is 8.21. The Morgan fingerprint density at radius 2 is 1.21 bits per heavy atom. The Balaban J connectivity index is 1.15. The molecule has 2 N–H and O–H groups in total. The van der Waals surface area contributed by atoms with Crippen LogP contribution in [-0.2, 0) is 13.1 Å². The Morgan fingerprint density at radius 1 is 0.535 bits per heavy atom. The molecule has 1 aliphatic rings. The monoisotopic (exact) mass is 554 g/mol. The maximum Gasteiger partial charge on any atom is 0.0707 e. The van der Waals surface area contributed by atoms with Gasteiger partial charge in [-0.3, -0.25) is 0 Å². The van der Waals surface area contributed by atoms with Gasteiger partial charge in [0.2, 0.25) is 0 Å². The Bertz CT molecular complexity index is 1890. The second kappa shape index (κ2) is 12.4. The average Bonchev–Trinajstić information content (AvgIpc) is 3.09. The number of hydrogen-bond acceptors (Lipinski definition) is 2. The van der Waals surface area contributed by atoms with Crippen LogP contribution in [0.15, 0.2) is 164 Å². The quantitative estimate of drug-likeness (QED) is 0.196. The summed E-state index contributed by atoms with van der Waals surface area (Å²) in [4.78, 5) is 0. The molecule has 208 valence electrons. The third-order valence-electron chi connectivity index (χ3n) is 8.21. The SMILES string of the molecule is C1=C(c2ccccc2)C=C(c2ccc(-c3ccc4cccc(CNCc5ccccc5)c4c3)cc2)NC1c1ccccc1. The fourth-order valence-electron chi connectivity index (χ4n) is 5.90. The van der Waals surface area contributed by atoms with Gasteiger partial charge in [-0.15, -0.1) is 0 Å². The van der Waals surface area contributed by atoms with E-state index >= 15 is 0 Å². The summed E-state index contributed by atoms with van der Waals surface area (Å²) in [6, 6.07) is 54.3. The molecule has 0 fully saturated rings. The van der Waals surface area contributed by atoms with Gasteiger partial charge in [-0.05, 0) is 73.5 Å².